The molecule has 1 nitrogen and oxygen atoms in total. The van der Waals surface area contributed by atoms with Crippen LogP contribution in [0.15, 0.2) is 120 Å². The first kappa shape index (κ1) is 17.4. The first-order chi connectivity index (χ1) is 13.3. The Morgan fingerprint density at radius 1 is 0.481 bits per heavy atom. The van der Waals surface area contributed by atoms with Gasteiger partial charge in [0.15, 0.2) is 0 Å². The van der Waals surface area contributed by atoms with Crippen LogP contribution >= 0.6 is 12.6 Å². The third-order valence-electron chi connectivity index (χ3n) is 4.82. The summed E-state index contributed by atoms with van der Waals surface area (Å²) in [6, 6.07) is 40.0. The van der Waals surface area contributed by atoms with Gasteiger partial charge in [0.2, 0.25) is 0 Å². The lowest BCUT2D eigenvalue weighted by molar-refractivity contribution is 0.711. The summed E-state index contributed by atoms with van der Waals surface area (Å²) in [5, 5.41) is 3.83. The largest absolute Gasteiger partial charge is 0.368 e. The van der Waals surface area contributed by atoms with Gasteiger partial charge in [-0.3, -0.25) is 0 Å². The number of benzene rings is 4. The van der Waals surface area contributed by atoms with Crippen molar-refractivity contribution in [1.29, 1.82) is 0 Å². The molecule has 4 aromatic rings. The molecule has 0 fully saturated rings. The van der Waals surface area contributed by atoms with Crippen molar-refractivity contribution in [3.63, 3.8) is 0 Å². The van der Waals surface area contributed by atoms with E-state index >= 15 is 0 Å². The molecule has 0 saturated carbocycles. The fourth-order valence-electron chi connectivity index (χ4n) is 3.54. The van der Waals surface area contributed by atoms with Gasteiger partial charge in [0.1, 0.15) is 5.54 Å². The highest BCUT2D eigenvalue weighted by molar-refractivity contribution is 7.80. The Morgan fingerprint density at radius 3 is 1.22 bits per heavy atom. The average molecular weight is 368 g/mol. The molecule has 0 amide bonds. The third-order valence-corrected chi connectivity index (χ3v) is 5.12. The SMILES string of the molecule is Sc1ccc(NC(c2ccccc2)(c2ccccc2)c2ccccc2)cc1. The molecule has 0 saturated heterocycles. The molecule has 0 aromatic heterocycles. The van der Waals surface area contributed by atoms with E-state index in [1.54, 1.807) is 0 Å². The summed E-state index contributed by atoms with van der Waals surface area (Å²) in [4.78, 5) is 0.949. The Morgan fingerprint density at radius 2 is 0.852 bits per heavy atom. The Balaban J connectivity index is 1.98. The smallest absolute Gasteiger partial charge is 0.114 e. The summed E-state index contributed by atoms with van der Waals surface area (Å²) in [7, 11) is 0. The molecule has 2 heteroatoms. The van der Waals surface area contributed by atoms with E-state index in [1.165, 1.54) is 16.7 Å². The maximum Gasteiger partial charge on any atom is 0.114 e. The van der Waals surface area contributed by atoms with Crippen LogP contribution in [0.5, 0.6) is 0 Å². The number of hydrogen-bond donors (Lipinski definition) is 2. The summed E-state index contributed by atoms with van der Waals surface area (Å²) >= 11 is 4.43. The summed E-state index contributed by atoms with van der Waals surface area (Å²) < 4.78 is 0. The molecule has 0 atom stereocenters. The number of thiol groups is 1. The van der Waals surface area contributed by atoms with Crippen molar-refractivity contribution in [2.45, 2.75) is 10.4 Å². The minimum Gasteiger partial charge on any atom is -0.368 e. The van der Waals surface area contributed by atoms with Crippen LogP contribution in [0.1, 0.15) is 16.7 Å². The van der Waals surface area contributed by atoms with Gasteiger partial charge in [0.25, 0.3) is 0 Å². The lowest BCUT2D eigenvalue weighted by Crippen LogP contribution is -2.38. The van der Waals surface area contributed by atoms with Crippen LogP contribution < -0.4 is 5.32 Å². The molecule has 4 aromatic carbocycles. The van der Waals surface area contributed by atoms with Crippen molar-refractivity contribution in [2.24, 2.45) is 0 Å². The molecule has 0 bridgehead atoms. The highest BCUT2D eigenvalue weighted by atomic mass is 32.1. The van der Waals surface area contributed by atoms with Crippen LogP contribution in [-0.4, -0.2) is 0 Å². The molecule has 0 unspecified atom stereocenters. The third kappa shape index (κ3) is 3.49. The van der Waals surface area contributed by atoms with Crippen molar-refractivity contribution in [3.8, 4) is 0 Å². The predicted molar refractivity (Wildman–Crippen MR) is 117 cm³/mol. The Labute approximate surface area is 166 Å². The van der Waals surface area contributed by atoms with E-state index in [4.69, 9.17) is 0 Å². The molecule has 4 rings (SSSR count). The molecular formula is C25H21NS. The zero-order valence-corrected chi connectivity index (χ0v) is 15.8. The Hall–Kier alpha value is -2.97. The Kier molecular flexibility index (Phi) is 4.99. The lowest BCUT2D eigenvalue weighted by atomic mass is 9.77. The lowest BCUT2D eigenvalue weighted by Gasteiger charge is -2.38. The van der Waals surface area contributed by atoms with E-state index in [0.717, 1.165) is 10.6 Å². The molecule has 132 valence electrons. The van der Waals surface area contributed by atoms with E-state index in [0.29, 0.717) is 0 Å². The minimum atomic E-state index is -0.498. The summed E-state index contributed by atoms with van der Waals surface area (Å²) in [5.41, 5.74) is 4.12. The van der Waals surface area contributed by atoms with Gasteiger partial charge < -0.3 is 5.32 Å². The van der Waals surface area contributed by atoms with E-state index in [-0.39, 0.29) is 0 Å². The van der Waals surface area contributed by atoms with Crippen LogP contribution in [0, 0.1) is 0 Å². The van der Waals surface area contributed by atoms with Crippen molar-refractivity contribution in [2.75, 3.05) is 5.32 Å². The quantitative estimate of drug-likeness (QED) is 0.308. The van der Waals surface area contributed by atoms with Crippen LogP contribution in [-0.2, 0) is 5.54 Å². The summed E-state index contributed by atoms with van der Waals surface area (Å²) in [5.74, 6) is 0. The molecule has 0 radical (unpaired) electrons. The standard InChI is InChI=1S/C25H21NS/c27-24-18-16-23(17-19-24)26-25(20-10-4-1-5-11-20,21-12-6-2-7-13-21)22-14-8-3-9-15-22/h1-19,26-27H. The maximum atomic E-state index is 4.43. The minimum absolute atomic E-state index is 0.498. The topological polar surface area (TPSA) is 12.0 Å². The maximum absolute atomic E-state index is 4.43. The molecule has 0 aliphatic heterocycles. The van der Waals surface area contributed by atoms with Gasteiger partial charge >= 0.3 is 0 Å². The van der Waals surface area contributed by atoms with Gasteiger partial charge in [-0.2, -0.15) is 0 Å². The van der Waals surface area contributed by atoms with E-state index in [9.17, 15) is 0 Å². The molecule has 0 spiro atoms. The number of anilines is 1. The van der Waals surface area contributed by atoms with Gasteiger partial charge in [-0.15, -0.1) is 12.6 Å². The van der Waals surface area contributed by atoms with Gasteiger partial charge in [-0.25, -0.2) is 0 Å². The second-order valence-electron chi connectivity index (χ2n) is 6.52. The van der Waals surface area contributed by atoms with Crippen LogP contribution in [0.25, 0.3) is 0 Å². The van der Waals surface area contributed by atoms with Gasteiger partial charge in [-0.1, -0.05) is 91.0 Å². The number of rotatable bonds is 5. The normalized spacial score (nSPS) is 11.1. The highest BCUT2D eigenvalue weighted by Gasteiger charge is 2.36. The summed E-state index contributed by atoms with van der Waals surface area (Å²) in [6.45, 7) is 0. The summed E-state index contributed by atoms with van der Waals surface area (Å²) in [6.07, 6.45) is 0. The zero-order valence-electron chi connectivity index (χ0n) is 14.9. The van der Waals surface area contributed by atoms with Crippen molar-refractivity contribution in [1.82, 2.24) is 0 Å². The molecule has 27 heavy (non-hydrogen) atoms. The molecule has 0 aliphatic carbocycles. The van der Waals surface area contributed by atoms with E-state index < -0.39 is 5.54 Å². The fourth-order valence-corrected chi connectivity index (χ4v) is 3.69. The fraction of sp³-hybridized carbons (Fsp3) is 0.0400. The first-order valence-electron chi connectivity index (χ1n) is 9.03. The van der Waals surface area contributed by atoms with Crippen molar-refractivity contribution >= 4 is 18.3 Å². The number of nitrogens with one attached hydrogen (secondary N) is 1. The highest BCUT2D eigenvalue weighted by Crippen LogP contribution is 2.39. The monoisotopic (exact) mass is 367 g/mol. The van der Waals surface area contributed by atoms with Gasteiger partial charge in [0.05, 0.1) is 0 Å². The van der Waals surface area contributed by atoms with Gasteiger partial charge in [0, 0.05) is 10.6 Å². The van der Waals surface area contributed by atoms with Crippen molar-refractivity contribution < 1.29 is 0 Å². The van der Waals surface area contributed by atoms with Crippen LogP contribution in [0.4, 0.5) is 5.69 Å². The first-order valence-corrected chi connectivity index (χ1v) is 9.47. The zero-order chi connectivity index (χ0) is 18.5. The second kappa shape index (κ2) is 7.73. The molecular weight excluding hydrogens is 346 g/mol. The Bertz CT molecular complexity index is 884. The molecule has 0 aliphatic rings. The van der Waals surface area contributed by atoms with Gasteiger partial charge in [-0.05, 0) is 41.0 Å². The van der Waals surface area contributed by atoms with Crippen LogP contribution in [0.3, 0.4) is 0 Å². The van der Waals surface area contributed by atoms with E-state index in [2.05, 4.69) is 121 Å². The second-order valence-corrected chi connectivity index (χ2v) is 7.04. The van der Waals surface area contributed by atoms with E-state index in [1.807, 2.05) is 12.1 Å². The van der Waals surface area contributed by atoms with Crippen LogP contribution in [0.2, 0.25) is 0 Å². The molecule has 1 N–H and O–H groups in total. The van der Waals surface area contributed by atoms with Crippen molar-refractivity contribution in [3.05, 3.63) is 132 Å². The predicted octanol–water partition coefficient (Wildman–Crippen LogP) is 6.38. The number of hydrogen-bond acceptors (Lipinski definition) is 2. The average Bonchev–Trinajstić information content (AvgIpc) is 2.75. The molecule has 0 heterocycles.